The highest BCUT2D eigenvalue weighted by Gasteiger charge is 2.30. The minimum atomic E-state index is -0.0966. The van der Waals surface area contributed by atoms with Gasteiger partial charge in [0.2, 0.25) is 17.1 Å². The van der Waals surface area contributed by atoms with Crippen LogP contribution in [0.4, 0.5) is 0 Å². The van der Waals surface area contributed by atoms with E-state index in [1.165, 1.54) is 4.80 Å². The Morgan fingerprint density at radius 2 is 1.56 bits per heavy atom. The average Bonchev–Trinajstić information content (AvgIpc) is 2.86. The van der Waals surface area contributed by atoms with Crippen LogP contribution in [-0.4, -0.2) is 30.7 Å². The van der Waals surface area contributed by atoms with Crippen molar-refractivity contribution in [2.24, 2.45) is 7.05 Å². The van der Waals surface area contributed by atoms with Crippen molar-refractivity contribution in [1.82, 2.24) is 25.0 Å². The molecule has 2 heterocycles. The maximum atomic E-state index is 12.2. The van der Waals surface area contributed by atoms with E-state index in [9.17, 15) is 4.79 Å². The second kappa shape index (κ2) is 2.98. The first-order chi connectivity index (χ1) is 8.74. The minimum absolute atomic E-state index is 0.0966. The summed E-state index contributed by atoms with van der Waals surface area (Å²) in [7, 11) is 1.70. The lowest BCUT2D eigenvalue weighted by molar-refractivity contribution is 0.103. The lowest BCUT2D eigenvalue weighted by Gasteiger charge is -1.95. The summed E-state index contributed by atoms with van der Waals surface area (Å²) < 4.78 is 0. The number of rotatable bonds is 0. The predicted octanol–water partition coefficient (Wildman–Crippen LogP) is 0.970. The number of benzene rings is 1. The molecule has 0 saturated carbocycles. The van der Waals surface area contributed by atoms with Gasteiger partial charge in [-0.1, -0.05) is 24.3 Å². The molecule has 86 valence electrons. The maximum absolute atomic E-state index is 12.2. The summed E-state index contributed by atoms with van der Waals surface area (Å²) in [5.41, 5.74) is 3.29. The van der Waals surface area contributed by atoms with E-state index >= 15 is 0 Å². The third-order valence-corrected chi connectivity index (χ3v) is 2.98. The number of aromatic nitrogens is 5. The van der Waals surface area contributed by atoms with Crippen LogP contribution in [-0.2, 0) is 7.05 Å². The standard InChI is InChI=1S/C12H7N5O/c1-17-15-11-12(16-17)14-9-8(13-11)6-4-2-3-5-7(6)10(9)18/h2-5H,1H3. The second-order valence-corrected chi connectivity index (χ2v) is 4.13. The zero-order chi connectivity index (χ0) is 12.3. The second-order valence-electron chi connectivity index (χ2n) is 4.13. The highest BCUT2D eigenvalue weighted by Crippen LogP contribution is 2.34. The van der Waals surface area contributed by atoms with Crippen molar-refractivity contribution < 1.29 is 4.79 Å². The van der Waals surface area contributed by atoms with Crippen LogP contribution in [0, 0.1) is 0 Å². The van der Waals surface area contributed by atoms with Gasteiger partial charge in [0.15, 0.2) is 0 Å². The molecule has 1 aliphatic carbocycles. The predicted molar refractivity (Wildman–Crippen MR) is 63.0 cm³/mol. The van der Waals surface area contributed by atoms with Crippen LogP contribution in [0.5, 0.6) is 0 Å². The van der Waals surface area contributed by atoms with Crippen molar-refractivity contribution in [3.05, 3.63) is 35.5 Å². The number of carbonyl (C=O) groups is 1. The number of fused-ring (bicyclic) bond motifs is 4. The van der Waals surface area contributed by atoms with Crippen molar-refractivity contribution in [1.29, 1.82) is 0 Å². The monoisotopic (exact) mass is 237 g/mol. The average molecular weight is 237 g/mol. The van der Waals surface area contributed by atoms with Crippen molar-refractivity contribution in [2.45, 2.75) is 0 Å². The smallest absolute Gasteiger partial charge is 0.221 e. The van der Waals surface area contributed by atoms with Crippen LogP contribution < -0.4 is 0 Å². The molecule has 4 rings (SSSR count). The molecule has 0 fully saturated rings. The summed E-state index contributed by atoms with van der Waals surface area (Å²) in [4.78, 5) is 22.2. The molecule has 0 saturated heterocycles. The molecule has 0 unspecified atom stereocenters. The molecule has 0 amide bonds. The van der Waals surface area contributed by atoms with Gasteiger partial charge in [-0.25, -0.2) is 9.97 Å². The summed E-state index contributed by atoms with van der Waals surface area (Å²) in [5, 5.41) is 8.18. The first-order valence-electron chi connectivity index (χ1n) is 5.47. The number of ketones is 1. The van der Waals surface area contributed by atoms with Crippen molar-refractivity contribution in [2.75, 3.05) is 0 Å². The van der Waals surface area contributed by atoms with Crippen LogP contribution in [0.1, 0.15) is 16.1 Å². The molecule has 0 bridgehead atoms. The normalized spacial score (nSPS) is 12.8. The molecule has 18 heavy (non-hydrogen) atoms. The molecule has 3 aromatic rings. The van der Waals surface area contributed by atoms with E-state index in [0.29, 0.717) is 28.2 Å². The summed E-state index contributed by atoms with van der Waals surface area (Å²) in [6.07, 6.45) is 0. The largest absolute Gasteiger partial charge is 0.287 e. The summed E-state index contributed by atoms with van der Waals surface area (Å²) in [5.74, 6) is -0.0966. The van der Waals surface area contributed by atoms with E-state index in [0.717, 1.165) is 5.56 Å². The molecule has 0 radical (unpaired) electrons. The van der Waals surface area contributed by atoms with E-state index in [-0.39, 0.29) is 5.78 Å². The third kappa shape index (κ3) is 1.04. The highest BCUT2D eigenvalue weighted by molar-refractivity contribution is 6.20. The van der Waals surface area contributed by atoms with Gasteiger partial charge in [-0.3, -0.25) is 4.79 Å². The fourth-order valence-corrected chi connectivity index (χ4v) is 2.21. The van der Waals surface area contributed by atoms with E-state index in [1.54, 1.807) is 13.1 Å². The first-order valence-corrected chi connectivity index (χ1v) is 5.47. The zero-order valence-corrected chi connectivity index (χ0v) is 9.45. The van der Waals surface area contributed by atoms with Crippen LogP contribution in [0.2, 0.25) is 0 Å². The quantitative estimate of drug-likeness (QED) is 0.455. The summed E-state index contributed by atoms with van der Waals surface area (Å²) >= 11 is 0. The molecule has 0 atom stereocenters. The summed E-state index contributed by atoms with van der Waals surface area (Å²) in [6.45, 7) is 0. The van der Waals surface area contributed by atoms with Gasteiger partial charge in [0.05, 0.1) is 0 Å². The zero-order valence-electron chi connectivity index (χ0n) is 9.45. The van der Waals surface area contributed by atoms with Crippen LogP contribution in [0.3, 0.4) is 0 Å². The van der Waals surface area contributed by atoms with Crippen LogP contribution in [0.15, 0.2) is 24.3 Å². The Labute approximate surface area is 101 Å². The topological polar surface area (TPSA) is 73.6 Å². The van der Waals surface area contributed by atoms with Crippen molar-refractivity contribution >= 4 is 17.1 Å². The number of hydrogen-bond donors (Lipinski definition) is 0. The molecule has 6 heteroatoms. The lowest BCUT2D eigenvalue weighted by atomic mass is 10.1. The Bertz CT molecular complexity index is 820. The molecular weight excluding hydrogens is 230 g/mol. The summed E-state index contributed by atoms with van der Waals surface area (Å²) in [6, 6.07) is 7.37. The highest BCUT2D eigenvalue weighted by atomic mass is 16.1. The molecule has 0 spiro atoms. The number of nitrogens with zero attached hydrogens (tertiary/aromatic N) is 5. The van der Waals surface area contributed by atoms with Crippen LogP contribution >= 0.6 is 0 Å². The minimum Gasteiger partial charge on any atom is -0.287 e. The van der Waals surface area contributed by atoms with Crippen molar-refractivity contribution in [3.63, 3.8) is 0 Å². The van der Waals surface area contributed by atoms with Gasteiger partial charge in [-0.15, -0.1) is 10.2 Å². The molecule has 2 aromatic heterocycles. The Hall–Kier alpha value is -2.63. The molecular formula is C12H7N5O. The fraction of sp³-hybridized carbons (Fsp3) is 0.0833. The Balaban J connectivity index is 2.13. The number of hydrogen-bond acceptors (Lipinski definition) is 5. The van der Waals surface area contributed by atoms with Gasteiger partial charge in [0.25, 0.3) is 0 Å². The molecule has 0 N–H and O–H groups in total. The van der Waals surface area contributed by atoms with E-state index in [2.05, 4.69) is 20.2 Å². The Morgan fingerprint density at radius 3 is 2.28 bits per heavy atom. The first kappa shape index (κ1) is 9.41. The lowest BCUT2D eigenvalue weighted by Crippen LogP contribution is -1.99. The third-order valence-electron chi connectivity index (χ3n) is 2.98. The number of carbonyl (C=O) groups excluding carboxylic acids is 1. The van der Waals surface area contributed by atoms with E-state index < -0.39 is 0 Å². The Morgan fingerprint density at radius 1 is 0.944 bits per heavy atom. The molecule has 6 nitrogen and oxygen atoms in total. The van der Waals surface area contributed by atoms with Gasteiger partial charge in [-0.05, 0) is 0 Å². The SMILES string of the molecule is Cn1nc2nc3c(nc2n1)-c1ccccc1C3=O. The molecule has 1 aliphatic rings. The van der Waals surface area contributed by atoms with Crippen LogP contribution in [0.25, 0.3) is 22.6 Å². The number of aryl methyl sites for hydroxylation is 1. The molecule has 0 aliphatic heterocycles. The van der Waals surface area contributed by atoms with Crippen molar-refractivity contribution in [3.8, 4) is 11.3 Å². The molecule has 1 aromatic carbocycles. The maximum Gasteiger partial charge on any atom is 0.221 e. The van der Waals surface area contributed by atoms with Gasteiger partial charge in [0, 0.05) is 18.2 Å². The van der Waals surface area contributed by atoms with E-state index in [4.69, 9.17) is 0 Å². The van der Waals surface area contributed by atoms with Gasteiger partial charge in [-0.2, -0.15) is 4.80 Å². The van der Waals surface area contributed by atoms with Gasteiger partial charge < -0.3 is 0 Å². The van der Waals surface area contributed by atoms with Gasteiger partial charge >= 0.3 is 0 Å². The Kier molecular flexibility index (Phi) is 1.56. The fourth-order valence-electron chi connectivity index (χ4n) is 2.21. The van der Waals surface area contributed by atoms with E-state index in [1.807, 2.05) is 18.2 Å². The van der Waals surface area contributed by atoms with Gasteiger partial charge in [0.1, 0.15) is 11.4 Å².